The van der Waals surface area contributed by atoms with E-state index in [-0.39, 0.29) is 34.0 Å². The van der Waals surface area contributed by atoms with Crippen molar-refractivity contribution in [2.24, 2.45) is 5.16 Å². The van der Waals surface area contributed by atoms with Crippen molar-refractivity contribution in [3.63, 3.8) is 0 Å². The summed E-state index contributed by atoms with van der Waals surface area (Å²) in [7, 11) is 0. The Hall–Kier alpha value is -2.18. The van der Waals surface area contributed by atoms with Crippen molar-refractivity contribution in [3.05, 3.63) is 68.7 Å². The minimum Gasteiger partial charge on any atom is -0.377 e. The molecule has 4 nitrogen and oxygen atoms in total. The van der Waals surface area contributed by atoms with Crippen molar-refractivity contribution in [2.75, 3.05) is 0 Å². The topological polar surface area (TPSA) is 50.7 Å². The molecule has 2 unspecified atom stereocenters. The Morgan fingerprint density at radius 1 is 1.26 bits per heavy atom. The number of nitrogens with zero attached hydrogens (tertiary/aromatic N) is 1. The fraction of sp³-hybridized carbons (Fsp3) is 0.391. The first-order valence-electron chi connectivity index (χ1n) is 10.1. The van der Waals surface area contributed by atoms with Gasteiger partial charge in [0, 0.05) is 35.4 Å². The van der Waals surface area contributed by atoms with E-state index < -0.39 is 11.5 Å². The lowest BCUT2D eigenvalue weighted by molar-refractivity contribution is -0.193. The summed E-state index contributed by atoms with van der Waals surface area (Å²) in [6.45, 7) is 2.62. The molecule has 4 rings (SSSR count). The molecule has 2 aromatic rings. The van der Waals surface area contributed by atoms with Crippen molar-refractivity contribution >= 4 is 34.8 Å². The lowest BCUT2D eigenvalue weighted by Crippen LogP contribution is -2.43. The molecule has 0 spiro atoms. The number of nitrogens with one attached hydrogen (secondary N) is 1. The number of aryl methyl sites for hydroxylation is 1. The first-order valence-corrected chi connectivity index (χ1v) is 10.9. The number of amides is 1. The normalized spacial score (nSPS) is 22.6. The summed E-state index contributed by atoms with van der Waals surface area (Å²) < 4.78 is 29.6. The van der Waals surface area contributed by atoms with Crippen molar-refractivity contribution in [1.29, 1.82) is 0 Å². The van der Waals surface area contributed by atoms with Crippen LogP contribution in [0.15, 0.2) is 41.6 Å². The molecule has 2 atom stereocenters. The van der Waals surface area contributed by atoms with E-state index in [1.54, 1.807) is 0 Å². The van der Waals surface area contributed by atoms with Crippen LogP contribution in [0.5, 0.6) is 0 Å². The molecular weight excluding hydrogens is 445 g/mol. The summed E-state index contributed by atoms with van der Waals surface area (Å²) in [6.07, 6.45) is 1.91. The van der Waals surface area contributed by atoms with Crippen LogP contribution in [0.25, 0.3) is 0 Å². The van der Waals surface area contributed by atoms with Gasteiger partial charge in [-0.05, 0) is 53.8 Å². The largest absolute Gasteiger partial charge is 0.377 e. The minimum atomic E-state index is -3.24. The highest BCUT2D eigenvalue weighted by Gasteiger charge is 2.58. The standard InChI is InChI=1S/C23H22Cl2F2N2O2/c1-3-21(30)28-19-7-5-13-8-14(4-6-18(13)19)20-12-23(31-29-20,22(2,26)27)15-9-16(24)11-17(25)10-15/h4,6,8-11,19H,3,5,7,12H2,1-2H3,(H,28,30). The molecule has 1 heterocycles. The maximum absolute atomic E-state index is 14.8. The highest BCUT2D eigenvalue weighted by molar-refractivity contribution is 6.34. The van der Waals surface area contributed by atoms with Gasteiger partial charge in [-0.15, -0.1) is 0 Å². The Labute approximate surface area is 189 Å². The van der Waals surface area contributed by atoms with Gasteiger partial charge in [-0.2, -0.15) is 0 Å². The third-order valence-electron chi connectivity index (χ3n) is 5.98. The molecule has 1 N–H and O–H groups in total. The second kappa shape index (κ2) is 8.06. The van der Waals surface area contributed by atoms with Crippen LogP contribution in [0.4, 0.5) is 8.78 Å². The van der Waals surface area contributed by atoms with Gasteiger partial charge in [0.1, 0.15) is 0 Å². The van der Waals surface area contributed by atoms with Gasteiger partial charge in [-0.3, -0.25) is 4.79 Å². The molecule has 1 amide bonds. The first kappa shape index (κ1) is 22.0. The lowest BCUT2D eigenvalue weighted by Gasteiger charge is -2.33. The lowest BCUT2D eigenvalue weighted by atomic mass is 9.82. The molecule has 8 heteroatoms. The molecule has 164 valence electrons. The van der Waals surface area contributed by atoms with Gasteiger partial charge in [0.2, 0.25) is 11.5 Å². The van der Waals surface area contributed by atoms with Gasteiger partial charge < -0.3 is 10.2 Å². The fourth-order valence-corrected chi connectivity index (χ4v) is 4.79. The van der Waals surface area contributed by atoms with Gasteiger partial charge in [0.15, 0.2) is 0 Å². The summed E-state index contributed by atoms with van der Waals surface area (Å²) in [5.74, 6) is -3.23. The van der Waals surface area contributed by atoms with Gasteiger partial charge in [-0.1, -0.05) is 47.4 Å². The predicted octanol–water partition coefficient (Wildman–Crippen LogP) is 6.18. The minimum absolute atomic E-state index is 0.00522. The van der Waals surface area contributed by atoms with Crippen LogP contribution in [0.2, 0.25) is 10.0 Å². The smallest absolute Gasteiger partial charge is 0.291 e. The molecule has 2 aromatic carbocycles. The van der Waals surface area contributed by atoms with E-state index in [4.69, 9.17) is 28.0 Å². The van der Waals surface area contributed by atoms with Crippen LogP contribution in [-0.2, 0) is 21.7 Å². The fourth-order valence-electron chi connectivity index (χ4n) is 4.26. The number of hydrogen-bond donors (Lipinski definition) is 1. The van der Waals surface area contributed by atoms with E-state index in [0.717, 1.165) is 36.5 Å². The van der Waals surface area contributed by atoms with Crippen molar-refractivity contribution in [3.8, 4) is 0 Å². The molecule has 0 fully saturated rings. The number of alkyl halides is 2. The van der Waals surface area contributed by atoms with Crippen LogP contribution in [-0.4, -0.2) is 17.5 Å². The number of rotatable bonds is 5. The Morgan fingerprint density at radius 3 is 2.61 bits per heavy atom. The van der Waals surface area contributed by atoms with Crippen LogP contribution < -0.4 is 5.32 Å². The molecule has 1 aliphatic heterocycles. The maximum Gasteiger partial charge on any atom is 0.291 e. The van der Waals surface area contributed by atoms with Gasteiger partial charge in [-0.25, -0.2) is 8.78 Å². The van der Waals surface area contributed by atoms with Gasteiger partial charge in [0.25, 0.3) is 5.92 Å². The number of benzene rings is 2. The first-order chi connectivity index (χ1) is 14.6. The Morgan fingerprint density at radius 2 is 1.97 bits per heavy atom. The number of carbonyl (C=O) groups is 1. The summed E-state index contributed by atoms with van der Waals surface area (Å²) in [5.41, 5.74) is 1.47. The molecule has 1 aliphatic carbocycles. The summed E-state index contributed by atoms with van der Waals surface area (Å²) in [6, 6.07) is 10.1. The quantitative estimate of drug-likeness (QED) is 0.571. The molecule has 0 bridgehead atoms. The van der Waals surface area contributed by atoms with E-state index >= 15 is 0 Å². The molecule has 0 saturated heterocycles. The van der Waals surface area contributed by atoms with E-state index in [9.17, 15) is 13.6 Å². The molecule has 31 heavy (non-hydrogen) atoms. The number of hydrogen-bond acceptors (Lipinski definition) is 3. The van der Waals surface area contributed by atoms with Crippen LogP contribution >= 0.6 is 23.2 Å². The predicted molar refractivity (Wildman–Crippen MR) is 117 cm³/mol. The van der Waals surface area contributed by atoms with E-state index in [1.807, 2.05) is 25.1 Å². The molecular formula is C23H22Cl2F2N2O2. The number of fused-ring (bicyclic) bond motifs is 1. The van der Waals surface area contributed by atoms with Crippen LogP contribution in [0.3, 0.4) is 0 Å². The molecule has 0 aromatic heterocycles. The zero-order chi connectivity index (χ0) is 22.4. The molecule has 2 aliphatic rings. The molecule has 0 radical (unpaired) electrons. The van der Waals surface area contributed by atoms with Crippen molar-refractivity contribution in [2.45, 2.75) is 57.1 Å². The SMILES string of the molecule is CCC(=O)NC1CCc2cc(C3=NOC(c4cc(Cl)cc(Cl)c4)(C(C)(F)F)C3)ccc21. The second-order valence-corrected chi connectivity index (χ2v) is 8.98. The summed E-state index contributed by atoms with van der Waals surface area (Å²) >= 11 is 12.1. The van der Waals surface area contributed by atoms with Crippen molar-refractivity contribution in [1.82, 2.24) is 5.32 Å². The third-order valence-corrected chi connectivity index (χ3v) is 6.41. The Balaban J connectivity index is 1.63. The molecule has 0 saturated carbocycles. The van der Waals surface area contributed by atoms with Gasteiger partial charge >= 0.3 is 0 Å². The average molecular weight is 467 g/mol. The summed E-state index contributed by atoms with van der Waals surface area (Å²) in [4.78, 5) is 17.2. The maximum atomic E-state index is 14.8. The monoisotopic (exact) mass is 466 g/mol. The zero-order valence-corrected chi connectivity index (χ0v) is 18.7. The van der Waals surface area contributed by atoms with Crippen LogP contribution in [0.1, 0.15) is 61.4 Å². The van der Waals surface area contributed by atoms with E-state index in [2.05, 4.69) is 10.5 Å². The highest BCUT2D eigenvalue weighted by Crippen LogP contribution is 2.49. The Bertz CT molecular complexity index is 1050. The zero-order valence-electron chi connectivity index (χ0n) is 17.1. The highest BCUT2D eigenvalue weighted by atomic mass is 35.5. The average Bonchev–Trinajstić information content (AvgIpc) is 3.32. The van der Waals surface area contributed by atoms with Gasteiger partial charge in [0.05, 0.1) is 11.8 Å². The van der Waals surface area contributed by atoms with Crippen molar-refractivity contribution < 1.29 is 18.4 Å². The Kier molecular flexibility index (Phi) is 5.73. The number of halogens is 4. The summed E-state index contributed by atoms with van der Waals surface area (Å²) in [5, 5.41) is 7.57. The third kappa shape index (κ3) is 4.03. The second-order valence-electron chi connectivity index (χ2n) is 8.11. The van der Waals surface area contributed by atoms with E-state index in [0.29, 0.717) is 12.1 Å². The number of oxime groups is 1. The van der Waals surface area contributed by atoms with E-state index in [1.165, 1.54) is 18.2 Å². The van der Waals surface area contributed by atoms with Crippen LogP contribution in [0, 0.1) is 0 Å². The number of carbonyl (C=O) groups excluding carboxylic acids is 1.